The van der Waals surface area contributed by atoms with E-state index in [0.717, 1.165) is 21.1 Å². The van der Waals surface area contributed by atoms with Gasteiger partial charge in [-0.15, -0.1) is 0 Å². The molecule has 0 amide bonds. The zero-order valence-electron chi connectivity index (χ0n) is 12.2. The molecule has 0 bridgehead atoms. The van der Waals surface area contributed by atoms with Crippen molar-refractivity contribution in [1.82, 2.24) is 9.55 Å². The molecule has 0 atom stereocenters. The van der Waals surface area contributed by atoms with Gasteiger partial charge in [-0.05, 0) is 45.4 Å². The minimum absolute atomic E-state index is 0.443. The second-order valence-electron chi connectivity index (χ2n) is 5.59. The lowest BCUT2D eigenvalue weighted by Crippen LogP contribution is -2.27. The van der Waals surface area contributed by atoms with Crippen molar-refractivity contribution < 1.29 is 9.53 Å². The van der Waals surface area contributed by atoms with Gasteiger partial charge in [0, 0.05) is 11.5 Å². The number of hydrogen-bond donors (Lipinski definition) is 1. The molecule has 1 N–H and O–H groups in total. The van der Waals surface area contributed by atoms with E-state index in [1.165, 1.54) is 4.57 Å². The van der Waals surface area contributed by atoms with Crippen LogP contribution in [0.15, 0.2) is 16.6 Å². The average molecular weight is 340 g/mol. The summed E-state index contributed by atoms with van der Waals surface area (Å²) in [6.07, 6.45) is -0.443. The molecule has 0 aliphatic rings. The van der Waals surface area contributed by atoms with Crippen LogP contribution in [-0.4, -0.2) is 28.3 Å². The van der Waals surface area contributed by atoms with Gasteiger partial charge in [0.15, 0.2) is 0 Å². The largest absolute Gasteiger partial charge is 0.443 e. The number of rotatable bonds is 1. The van der Waals surface area contributed by atoms with Crippen LogP contribution in [0.1, 0.15) is 26.3 Å². The number of anilines is 1. The first kappa shape index (κ1) is 14.8. The number of hydrogen-bond acceptors (Lipinski definition) is 4. The smallest absolute Gasteiger partial charge is 0.421 e. The van der Waals surface area contributed by atoms with Gasteiger partial charge >= 0.3 is 6.09 Å². The number of nitrogens with zero attached hydrogens (tertiary/aromatic N) is 2. The fourth-order valence-corrected chi connectivity index (χ4v) is 2.52. The van der Waals surface area contributed by atoms with Crippen LogP contribution in [0, 0.1) is 6.92 Å². The number of halogens is 1. The molecule has 1 aromatic carbocycles. The first-order valence-electron chi connectivity index (χ1n) is 6.32. The van der Waals surface area contributed by atoms with E-state index in [1.807, 2.05) is 39.8 Å². The summed E-state index contributed by atoms with van der Waals surface area (Å²) in [6.45, 7) is 7.47. The Kier molecular flexibility index (Phi) is 3.77. The number of imidazole rings is 1. The van der Waals surface area contributed by atoms with Crippen LogP contribution < -0.4 is 5.32 Å². The van der Waals surface area contributed by atoms with Gasteiger partial charge in [0.05, 0.1) is 11.0 Å². The zero-order valence-corrected chi connectivity index (χ0v) is 13.8. The van der Waals surface area contributed by atoms with Gasteiger partial charge in [0.1, 0.15) is 5.60 Å². The maximum atomic E-state index is 12.4. The number of ether oxygens (including phenoxy) is 1. The fraction of sp³-hybridized carbons (Fsp3) is 0.429. The monoisotopic (exact) mass is 339 g/mol. The summed E-state index contributed by atoms with van der Waals surface area (Å²) in [7, 11) is 1.73. The molecule has 0 radical (unpaired) electrons. The minimum Gasteiger partial charge on any atom is -0.443 e. The summed E-state index contributed by atoms with van der Waals surface area (Å²) in [6, 6.07) is 3.83. The number of nitrogens with one attached hydrogen (secondary N) is 1. The zero-order chi connectivity index (χ0) is 15.1. The van der Waals surface area contributed by atoms with E-state index in [0.29, 0.717) is 5.95 Å². The molecule has 108 valence electrons. The van der Waals surface area contributed by atoms with Crippen LogP contribution in [0.5, 0.6) is 0 Å². The summed E-state index contributed by atoms with van der Waals surface area (Å²) in [5, 5.41) is 2.93. The van der Waals surface area contributed by atoms with Crippen LogP contribution in [0.4, 0.5) is 10.7 Å². The maximum Gasteiger partial charge on any atom is 0.421 e. The molecular weight excluding hydrogens is 322 g/mol. The second kappa shape index (κ2) is 5.09. The fourth-order valence-electron chi connectivity index (χ4n) is 1.96. The lowest BCUT2D eigenvalue weighted by Gasteiger charge is -2.20. The summed E-state index contributed by atoms with van der Waals surface area (Å²) >= 11 is 3.45. The van der Waals surface area contributed by atoms with E-state index >= 15 is 0 Å². The highest BCUT2D eigenvalue weighted by atomic mass is 79.9. The normalized spacial score (nSPS) is 11.7. The lowest BCUT2D eigenvalue weighted by molar-refractivity contribution is 0.0547. The Morgan fingerprint density at radius 3 is 2.60 bits per heavy atom. The predicted octanol–water partition coefficient (Wildman–Crippen LogP) is 3.93. The van der Waals surface area contributed by atoms with Crippen molar-refractivity contribution in [2.75, 3.05) is 12.4 Å². The van der Waals surface area contributed by atoms with Crippen molar-refractivity contribution in [3.63, 3.8) is 0 Å². The minimum atomic E-state index is -0.556. The molecule has 0 saturated heterocycles. The Bertz CT molecular complexity index is 671. The Labute approximate surface area is 126 Å². The Hall–Kier alpha value is -1.56. The summed E-state index contributed by atoms with van der Waals surface area (Å²) in [4.78, 5) is 16.8. The predicted molar refractivity (Wildman–Crippen MR) is 83.3 cm³/mol. The molecule has 2 aromatic rings. The highest BCUT2D eigenvalue weighted by molar-refractivity contribution is 9.10. The summed E-state index contributed by atoms with van der Waals surface area (Å²) in [5.74, 6) is 0.468. The molecule has 0 spiro atoms. The van der Waals surface area contributed by atoms with E-state index < -0.39 is 11.7 Å². The second-order valence-corrected chi connectivity index (χ2v) is 6.51. The molecule has 5 nitrogen and oxygen atoms in total. The van der Waals surface area contributed by atoms with Crippen LogP contribution in [-0.2, 0) is 4.74 Å². The van der Waals surface area contributed by atoms with Gasteiger partial charge in [-0.25, -0.2) is 14.3 Å². The van der Waals surface area contributed by atoms with Crippen molar-refractivity contribution in [3.8, 4) is 0 Å². The molecule has 0 aliphatic heterocycles. The Morgan fingerprint density at radius 2 is 2.05 bits per heavy atom. The standard InChI is InChI=1S/C14H18BrN3O2/c1-8-6-9(15)7-10-11(8)17-12(16-5)18(10)13(19)20-14(2,3)4/h6-7H,1-5H3,(H,16,17). The number of benzene rings is 1. The quantitative estimate of drug-likeness (QED) is 0.855. The molecule has 0 unspecified atom stereocenters. The highest BCUT2D eigenvalue weighted by Gasteiger charge is 2.23. The van der Waals surface area contributed by atoms with Gasteiger partial charge in [0.2, 0.25) is 5.95 Å². The van der Waals surface area contributed by atoms with Crippen LogP contribution in [0.25, 0.3) is 11.0 Å². The third kappa shape index (κ3) is 2.80. The number of carbonyl (C=O) groups is 1. The third-order valence-electron chi connectivity index (χ3n) is 2.72. The van der Waals surface area contributed by atoms with Gasteiger partial charge in [0.25, 0.3) is 0 Å². The van der Waals surface area contributed by atoms with Crippen molar-refractivity contribution in [3.05, 3.63) is 22.2 Å². The van der Waals surface area contributed by atoms with Gasteiger partial charge in [-0.1, -0.05) is 15.9 Å². The molecule has 20 heavy (non-hydrogen) atoms. The van der Waals surface area contributed by atoms with Crippen molar-refractivity contribution >= 4 is 39.0 Å². The number of aromatic nitrogens is 2. The van der Waals surface area contributed by atoms with Crippen LogP contribution >= 0.6 is 15.9 Å². The van der Waals surface area contributed by atoms with Gasteiger partial charge in [-0.3, -0.25) is 0 Å². The summed E-state index contributed by atoms with van der Waals surface area (Å²) < 4.78 is 7.80. The molecule has 0 saturated carbocycles. The molecule has 2 rings (SSSR count). The molecular formula is C14H18BrN3O2. The maximum absolute atomic E-state index is 12.4. The van der Waals surface area contributed by atoms with E-state index in [9.17, 15) is 4.79 Å². The third-order valence-corrected chi connectivity index (χ3v) is 3.17. The topological polar surface area (TPSA) is 56.2 Å². The van der Waals surface area contributed by atoms with E-state index in [1.54, 1.807) is 7.05 Å². The summed E-state index contributed by atoms with van der Waals surface area (Å²) in [5.41, 5.74) is 1.94. The average Bonchev–Trinajstić information content (AvgIpc) is 2.65. The molecule has 6 heteroatoms. The number of carbonyl (C=O) groups excluding carboxylic acids is 1. The highest BCUT2D eigenvalue weighted by Crippen LogP contribution is 2.27. The lowest BCUT2D eigenvalue weighted by atomic mass is 10.2. The number of aryl methyl sites for hydroxylation is 1. The first-order valence-corrected chi connectivity index (χ1v) is 7.12. The van der Waals surface area contributed by atoms with Crippen LogP contribution in [0.3, 0.4) is 0 Å². The van der Waals surface area contributed by atoms with Gasteiger partial charge in [-0.2, -0.15) is 0 Å². The first-order chi connectivity index (χ1) is 9.23. The molecule has 1 aromatic heterocycles. The number of fused-ring (bicyclic) bond motifs is 1. The van der Waals surface area contributed by atoms with E-state index in [4.69, 9.17) is 4.74 Å². The SMILES string of the molecule is CNc1nc2c(C)cc(Br)cc2n1C(=O)OC(C)(C)C. The van der Waals surface area contributed by atoms with Crippen molar-refractivity contribution in [1.29, 1.82) is 0 Å². The van der Waals surface area contributed by atoms with Crippen molar-refractivity contribution in [2.45, 2.75) is 33.3 Å². The van der Waals surface area contributed by atoms with Crippen molar-refractivity contribution in [2.24, 2.45) is 0 Å². The van der Waals surface area contributed by atoms with Crippen LogP contribution in [0.2, 0.25) is 0 Å². The Balaban J connectivity index is 2.64. The molecule has 0 fully saturated rings. The molecule has 1 heterocycles. The molecule has 0 aliphatic carbocycles. The van der Waals surface area contributed by atoms with E-state index in [-0.39, 0.29) is 0 Å². The Morgan fingerprint density at radius 1 is 1.40 bits per heavy atom. The van der Waals surface area contributed by atoms with Gasteiger partial charge < -0.3 is 10.1 Å². The van der Waals surface area contributed by atoms with E-state index in [2.05, 4.69) is 26.2 Å².